The molecule has 324 valence electrons. The zero-order chi connectivity index (χ0) is 43.6. The lowest BCUT2D eigenvalue weighted by molar-refractivity contribution is -0.680. The number of carbonyl (C=O) groups is 4. The topological polar surface area (TPSA) is 166 Å². The third-order valence-corrected chi connectivity index (χ3v) is 14.5. The number of rotatable bonds is 10. The molecule has 2 aliphatic heterocycles. The predicted octanol–water partition coefficient (Wildman–Crippen LogP) is 7.89. The molecule has 1 saturated carbocycles. The van der Waals surface area contributed by atoms with Gasteiger partial charge in [0.25, 0.3) is 5.82 Å². The Bertz CT molecular complexity index is 2720. The summed E-state index contributed by atoms with van der Waals surface area (Å²) in [5, 5.41) is 7.92. The second-order valence-electron chi connectivity index (χ2n) is 17.9. The molecule has 3 aliphatic rings. The molecule has 0 radical (unpaired) electrons. The summed E-state index contributed by atoms with van der Waals surface area (Å²) in [6.07, 6.45) is 5.50. The number of benzene rings is 3. The molecule has 6 unspecified atom stereocenters. The molecular formula is C47H55N8O6S+. The van der Waals surface area contributed by atoms with Crippen LogP contribution in [0.2, 0.25) is 0 Å². The Labute approximate surface area is 364 Å². The Kier molecular flexibility index (Phi) is 10.9. The van der Waals surface area contributed by atoms with E-state index < -0.39 is 24.3 Å². The summed E-state index contributed by atoms with van der Waals surface area (Å²) < 4.78 is 14.1. The number of piperidine rings is 1. The van der Waals surface area contributed by atoms with Crippen LogP contribution in [0.3, 0.4) is 0 Å². The first-order chi connectivity index (χ1) is 29.8. The second-order valence-corrected chi connectivity index (χ2v) is 18.9. The number of thiophene rings is 1. The van der Waals surface area contributed by atoms with Crippen molar-refractivity contribution in [3.05, 3.63) is 72.4 Å². The number of imidazole rings is 2. The van der Waals surface area contributed by atoms with Gasteiger partial charge in [-0.25, -0.2) is 24.1 Å². The van der Waals surface area contributed by atoms with Crippen molar-refractivity contribution in [2.75, 3.05) is 20.8 Å². The molecule has 6 aromatic rings. The Hall–Kier alpha value is -5.96. The van der Waals surface area contributed by atoms with Gasteiger partial charge < -0.3 is 34.9 Å². The predicted molar refractivity (Wildman–Crippen MR) is 238 cm³/mol. The molecule has 3 fully saturated rings. The number of amides is 4. The molecule has 1 aliphatic carbocycles. The van der Waals surface area contributed by atoms with Crippen LogP contribution in [0, 0.1) is 17.8 Å². The van der Waals surface area contributed by atoms with Gasteiger partial charge in [-0.15, -0.1) is 11.3 Å². The molecule has 14 nitrogen and oxygen atoms in total. The first-order valence-electron chi connectivity index (χ1n) is 21.7. The number of fused-ring (bicyclic) bond motifs is 6. The fourth-order valence-corrected chi connectivity index (χ4v) is 11.4. The third-order valence-electron chi connectivity index (χ3n) is 13.3. The van der Waals surface area contributed by atoms with Crippen LogP contribution in [0.25, 0.3) is 53.6 Å². The molecule has 4 amide bonds. The highest BCUT2D eigenvalue weighted by atomic mass is 32.1. The number of likely N-dealkylation sites (tertiary alicyclic amines) is 2. The van der Waals surface area contributed by atoms with Gasteiger partial charge >= 0.3 is 12.2 Å². The lowest BCUT2D eigenvalue weighted by atomic mass is 9.95. The van der Waals surface area contributed by atoms with E-state index in [1.807, 2.05) is 50.6 Å². The van der Waals surface area contributed by atoms with Crippen molar-refractivity contribution in [2.24, 2.45) is 24.8 Å². The van der Waals surface area contributed by atoms with Crippen LogP contribution in [0.15, 0.2) is 60.8 Å². The quantitative estimate of drug-likeness (QED) is 0.102. The van der Waals surface area contributed by atoms with Gasteiger partial charge in [-0.05, 0) is 91.3 Å². The van der Waals surface area contributed by atoms with Gasteiger partial charge in [0.2, 0.25) is 11.8 Å². The second kappa shape index (κ2) is 16.4. The number of methoxy groups -OCH3 is 2. The maximum Gasteiger partial charge on any atom is 0.407 e. The smallest absolute Gasteiger partial charge is 0.407 e. The molecule has 2 bridgehead atoms. The minimum atomic E-state index is -0.685. The number of hydrogen-bond acceptors (Lipinski definition) is 8. The van der Waals surface area contributed by atoms with Crippen molar-refractivity contribution in [1.82, 2.24) is 35.4 Å². The minimum absolute atomic E-state index is 0.0875. The van der Waals surface area contributed by atoms with Crippen molar-refractivity contribution in [3.8, 4) is 22.4 Å². The summed E-state index contributed by atoms with van der Waals surface area (Å²) in [7, 11) is 4.63. The number of carbonyl (C=O) groups excluding carboxylic acids is 4. The highest BCUT2D eigenvalue weighted by molar-refractivity contribution is 7.25. The number of nitrogens with one attached hydrogen (secondary N) is 4. The van der Waals surface area contributed by atoms with Crippen LogP contribution < -0.4 is 15.2 Å². The van der Waals surface area contributed by atoms with Gasteiger partial charge in [-0.1, -0.05) is 52.0 Å². The first-order valence-corrected chi connectivity index (χ1v) is 22.5. The number of hydrogen-bond donors (Lipinski definition) is 4. The molecule has 6 atom stereocenters. The molecule has 3 aromatic heterocycles. The summed E-state index contributed by atoms with van der Waals surface area (Å²) in [5.74, 6) is 1.65. The number of alkyl carbamates (subject to hydrolysis) is 2. The van der Waals surface area contributed by atoms with Gasteiger partial charge in [0, 0.05) is 38.3 Å². The van der Waals surface area contributed by atoms with Crippen LogP contribution >= 0.6 is 11.3 Å². The fraction of sp³-hybridized carbons (Fsp3) is 0.447. The fourth-order valence-electron chi connectivity index (χ4n) is 10.2. The molecule has 0 spiro atoms. The van der Waals surface area contributed by atoms with E-state index in [9.17, 15) is 19.2 Å². The summed E-state index contributed by atoms with van der Waals surface area (Å²) in [6, 6.07) is 18.0. The number of aromatic nitrogens is 4. The molecular weight excluding hydrogens is 805 g/mol. The molecule has 15 heteroatoms. The zero-order valence-corrected chi connectivity index (χ0v) is 37.1. The third kappa shape index (κ3) is 7.33. The minimum Gasteiger partial charge on any atom is -0.453 e. The number of aryl methyl sites for hydroxylation is 1. The van der Waals surface area contributed by atoms with Crippen LogP contribution in [-0.2, 0) is 26.1 Å². The van der Waals surface area contributed by atoms with Crippen LogP contribution in [-0.4, -0.2) is 87.6 Å². The van der Waals surface area contributed by atoms with E-state index in [2.05, 4.69) is 79.9 Å². The van der Waals surface area contributed by atoms with Crippen molar-refractivity contribution in [2.45, 2.75) is 90.0 Å². The van der Waals surface area contributed by atoms with Crippen LogP contribution in [0.5, 0.6) is 0 Å². The lowest BCUT2D eigenvalue weighted by Crippen LogP contribution is -2.54. The lowest BCUT2D eigenvalue weighted by Gasteiger charge is -2.37. The number of H-pyrrole nitrogens is 2. The van der Waals surface area contributed by atoms with E-state index in [0.717, 1.165) is 77.2 Å². The molecule has 5 heterocycles. The Morgan fingerprint density at radius 3 is 2.11 bits per heavy atom. The molecule has 2 saturated heterocycles. The highest BCUT2D eigenvalue weighted by Gasteiger charge is 2.51. The SMILES string of the molecule is COC(=O)NC(C(=O)N1CCCC1c1[nH]c(-c2ccc3c(c2)sc2cc(-c4ccc5nc(C6C7CCC(C7)N6C(=O)C(NC(=O)OC)C(C)C)[nH]c5c4)ccc23)c[n+]1C)C(C)C. The summed E-state index contributed by atoms with van der Waals surface area (Å²) in [4.78, 5) is 68.3. The van der Waals surface area contributed by atoms with E-state index in [0.29, 0.717) is 12.5 Å². The average Bonchev–Trinajstić information content (AvgIpc) is 4.13. The Morgan fingerprint density at radius 1 is 0.806 bits per heavy atom. The number of nitrogens with zero attached hydrogens (tertiary/aromatic N) is 4. The van der Waals surface area contributed by atoms with Gasteiger partial charge in [0.05, 0.1) is 38.3 Å². The van der Waals surface area contributed by atoms with E-state index in [4.69, 9.17) is 14.5 Å². The van der Waals surface area contributed by atoms with Crippen molar-refractivity contribution in [3.63, 3.8) is 0 Å². The Morgan fingerprint density at radius 2 is 1.44 bits per heavy atom. The summed E-state index contributed by atoms with van der Waals surface area (Å²) >= 11 is 1.77. The standard InChI is InChI=1S/C47H54N8O6S/c1-24(2)39(51-46(58)60-6)44(56)54-18-8-9-36(54)43-50-35(23-53(43)5)28-12-16-32-31-15-11-27(21-37(31)62-38(32)22-28)26-13-17-33-34(20-26)49-42(48-33)41-29-10-14-30(19-29)55(41)45(57)40(25(3)4)52-47(59)61-7/h11-13,15-17,20-25,29-30,36,39-41H,8-10,14,18-19H2,1-7H3,(H3,48,49,51,52,58,59)/p+1. The maximum absolute atomic E-state index is 14.1. The zero-order valence-electron chi connectivity index (χ0n) is 36.3. The van der Waals surface area contributed by atoms with Crippen LogP contribution in [0.1, 0.15) is 83.5 Å². The highest BCUT2D eigenvalue weighted by Crippen LogP contribution is 2.50. The van der Waals surface area contributed by atoms with Gasteiger partial charge in [0.15, 0.2) is 5.69 Å². The molecule has 62 heavy (non-hydrogen) atoms. The molecule has 3 aromatic carbocycles. The Balaban J connectivity index is 0.962. The molecule has 9 rings (SSSR count). The van der Waals surface area contributed by atoms with E-state index in [1.54, 1.807) is 11.3 Å². The monoisotopic (exact) mass is 859 g/mol. The van der Waals surface area contributed by atoms with E-state index in [1.165, 1.54) is 34.4 Å². The summed E-state index contributed by atoms with van der Waals surface area (Å²) in [5.41, 5.74) is 5.98. The van der Waals surface area contributed by atoms with Gasteiger partial charge in [0.1, 0.15) is 30.1 Å². The number of ether oxygens (including phenoxy) is 2. The van der Waals surface area contributed by atoms with Crippen molar-refractivity contribution < 1.29 is 33.2 Å². The van der Waals surface area contributed by atoms with Gasteiger partial charge in [-0.2, -0.15) is 0 Å². The molecule has 4 N–H and O–H groups in total. The summed E-state index contributed by atoms with van der Waals surface area (Å²) in [6.45, 7) is 8.34. The average molecular weight is 860 g/mol. The normalized spacial score (nSPS) is 20.8. The van der Waals surface area contributed by atoms with Crippen molar-refractivity contribution in [1.29, 1.82) is 0 Å². The van der Waals surface area contributed by atoms with Crippen LogP contribution in [0.4, 0.5) is 9.59 Å². The van der Waals surface area contributed by atoms with Gasteiger partial charge in [-0.3, -0.25) is 9.59 Å². The maximum atomic E-state index is 14.1. The number of aromatic amines is 2. The van der Waals surface area contributed by atoms with Crippen molar-refractivity contribution >= 4 is 66.5 Å². The van der Waals surface area contributed by atoms with E-state index in [-0.39, 0.29) is 41.8 Å². The first kappa shape index (κ1) is 41.4. The largest absolute Gasteiger partial charge is 0.453 e. The van der Waals surface area contributed by atoms with E-state index >= 15 is 0 Å².